The summed E-state index contributed by atoms with van der Waals surface area (Å²) in [7, 11) is 1.53. The zero-order chi connectivity index (χ0) is 17.5. The third kappa shape index (κ3) is 4.61. The van der Waals surface area contributed by atoms with E-state index in [0.717, 1.165) is 30.6 Å². The molecule has 0 spiro atoms. The quantitative estimate of drug-likeness (QED) is 0.723. The average Bonchev–Trinajstić information content (AvgIpc) is 2.58. The number of carbonyl (C=O) groups is 1. The minimum absolute atomic E-state index is 0.297. The van der Waals surface area contributed by atoms with Gasteiger partial charge >= 0.3 is 0 Å². The minimum Gasteiger partial charge on any atom is -0.495 e. The van der Waals surface area contributed by atoms with E-state index in [9.17, 15) is 4.79 Å². The number of nitrogens with one attached hydrogen (secondary N) is 2. The van der Waals surface area contributed by atoms with Crippen LogP contribution in [0.15, 0.2) is 30.5 Å². The number of benzene rings is 1. The molecular weight excluding hydrogens is 326 g/mol. The summed E-state index contributed by atoms with van der Waals surface area (Å²) in [6.07, 6.45) is 3.81. The molecule has 0 aliphatic carbocycles. The van der Waals surface area contributed by atoms with Gasteiger partial charge in [-0.1, -0.05) is 24.9 Å². The first-order valence-corrected chi connectivity index (χ1v) is 8.28. The lowest BCUT2D eigenvalue weighted by Crippen LogP contribution is -2.15. The van der Waals surface area contributed by atoms with E-state index in [1.165, 1.54) is 7.11 Å². The molecule has 1 amide bonds. The molecule has 0 saturated carbocycles. The predicted octanol–water partition coefficient (Wildman–Crippen LogP) is 4.52. The smallest absolute Gasteiger partial charge is 0.274 e. The second-order valence-electron chi connectivity index (χ2n) is 5.47. The molecule has 0 aliphatic rings. The van der Waals surface area contributed by atoms with Crippen LogP contribution in [0.3, 0.4) is 0 Å². The molecule has 24 heavy (non-hydrogen) atoms. The summed E-state index contributed by atoms with van der Waals surface area (Å²) in [5.74, 6) is 0.213. The lowest BCUT2D eigenvalue weighted by Gasteiger charge is -2.12. The lowest BCUT2D eigenvalue weighted by molar-refractivity contribution is 0.102. The number of hydrogen-bond donors (Lipinski definition) is 2. The summed E-state index contributed by atoms with van der Waals surface area (Å²) in [5.41, 5.74) is 2.64. The van der Waals surface area contributed by atoms with Crippen LogP contribution >= 0.6 is 11.6 Å². The van der Waals surface area contributed by atoms with E-state index in [2.05, 4.69) is 22.5 Å². The van der Waals surface area contributed by atoms with Gasteiger partial charge in [-0.05, 0) is 37.1 Å². The number of nitrogens with zero attached hydrogens (tertiary/aromatic N) is 1. The first kappa shape index (κ1) is 18.1. The van der Waals surface area contributed by atoms with Crippen molar-refractivity contribution in [1.29, 1.82) is 0 Å². The van der Waals surface area contributed by atoms with Crippen molar-refractivity contribution in [3.8, 4) is 5.75 Å². The third-order valence-corrected chi connectivity index (χ3v) is 3.99. The summed E-state index contributed by atoms with van der Waals surface area (Å²) >= 11 is 6.09. The van der Waals surface area contributed by atoms with Gasteiger partial charge < -0.3 is 15.4 Å². The number of anilines is 2. The van der Waals surface area contributed by atoms with Gasteiger partial charge in [-0.2, -0.15) is 0 Å². The summed E-state index contributed by atoms with van der Waals surface area (Å²) in [6.45, 7) is 4.87. The fourth-order valence-corrected chi connectivity index (χ4v) is 2.34. The second kappa shape index (κ2) is 8.55. The molecule has 2 rings (SSSR count). The van der Waals surface area contributed by atoms with Crippen molar-refractivity contribution < 1.29 is 9.53 Å². The predicted molar refractivity (Wildman–Crippen MR) is 98.3 cm³/mol. The van der Waals surface area contributed by atoms with Crippen molar-refractivity contribution in [2.75, 3.05) is 24.3 Å². The first-order valence-electron chi connectivity index (χ1n) is 7.90. The molecule has 1 heterocycles. The SMILES string of the molecule is CCCCNc1ccnc(C(=O)Nc2cc(C)c(Cl)cc2OC)c1. The minimum atomic E-state index is -0.297. The fourth-order valence-electron chi connectivity index (χ4n) is 2.19. The zero-order valence-corrected chi connectivity index (χ0v) is 14.9. The van der Waals surface area contributed by atoms with Crippen molar-refractivity contribution in [3.63, 3.8) is 0 Å². The standard InChI is InChI=1S/C18H22ClN3O2/c1-4-5-7-20-13-6-8-21-16(10-13)18(23)22-15-9-12(2)14(19)11-17(15)24-3/h6,8-11H,4-5,7H2,1-3H3,(H,20,21)(H,22,23). The Balaban J connectivity index is 2.15. The number of aromatic nitrogens is 1. The number of rotatable bonds is 7. The highest BCUT2D eigenvalue weighted by molar-refractivity contribution is 6.31. The Bertz CT molecular complexity index is 719. The number of ether oxygens (including phenoxy) is 1. The molecule has 0 unspecified atom stereocenters. The van der Waals surface area contributed by atoms with Gasteiger partial charge in [0.2, 0.25) is 0 Å². The van der Waals surface area contributed by atoms with E-state index >= 15 is 0 Å². The highest BCUT2D eigenvalue weighted by Crippen LogP contribution is 2.31. The Labute approximate surface area is 147 Å². The summed E-state index contributed by atoms with van der Waals surface area (Å²) in [6, 6.07) is 7.05. The molecule has 0 aliphatic heterocycles. The van der Waals surface area contributed by atoms with Crippen LogP contribution in [0.2, 0.25) is 5.02 Å². The molecule has 0 atom stereocenters. The lowest BCUT2D eigenvalue weighted by atomic mass is 10.2. The molecule has 6 heteroatoms. The maximum atomic E-state index is 12.5. The Morgan fingerprint density at radius 2 is 2.12 bits per heavy atom. The van der Waals surface area contributed by atoms with E-state index in [-0.39, 0.29) is 5.91 Å². The number of halogens is 1. The molecule has 128 valence electrons. The summed E-state index contributed by atoms with van der Waals surface area (Å²) in [5, 5.41) is 6.70. The third-order valence-electron chi connectivity index (χ3n) is 3.58. The Kier molecular flexibility index (Phi) is 6.44. The fraction of sp³-hybridized carbons (Fsp3) is 0.333. The van der Waals surface area contributed by atoms with Crippen LogP contribution in [-0.4, -0.2) is 24.5 Å². The molecule has 0 radical (unpaired) electrons. The largest absolute Gasteiger partial charge is 0.495 e. The number of unbranched alkanes of at least 4 members (excludes halogenated alkanes) is 1. The first-order chi connectivity index (χ1) is 11.5. The van der Waals surface area contributed by atoms with Gasteiger partial charge in [0.25, 0.3) is 5.91 Å². The number of hydrogen-bond acceptors (Lipinski definition) is 4. The molecule has 2 N–H and O–H groups in total. The van der Waals surface area contributed by atoms with Crippen LogP contribution in [0.5, 0.6) is 5.75 Å². The highest BCUT2D eigenvalue weighted by atomic mass is 35.5. The molecule has 0 fully saturated rings. The molecular formula is C18H22ClN3O2. The Morgan fingerprint density at radius 1 is 1.33 bits per heavy atom. The number of pyridine rings is 1. The monoisotopic (exact) mass is 347 g/mol. The Hall–Kier alpha value is -2.27. The van der Waals surface area contributed by atoms with E-state index < -0.39 is 0 Å². The molecule has 1 aromatic heterocycles. The molecule has 2 aromatic rings. The van der Waals surface area contributed by atoms with E-state index in [0.29, 0.717) is 22.2 Å². The average molecular weight is 348 g/mol. The van der Waals surface area contributed by atoms with Gasteiger partial charge in [-0.15, -0.1) is 0 Å². The van der Waals surface area contributed by atoms with Gasteiger partial charge in [-0.3, -0.25) is 9.78 Å². The Morgan fingerprint density at radius 3 is 2.83 bits per heavy atom. The molecule has 5 nitrogen and oxygen atoms in total. The maximum absolute atomic E-state index is 12.5. The van der Waals surface area contributed by atoms with Gasteiger partial charge in [0, 0.05) is 29.5 Å². The van der Waals surface area contributed by atoms with Crippen LogP contribution in [0.4, 0.5) is 11.4 Å². The van der Waals surface area contributed by atoms with Crippen molar-refractivity contribution in [2.45, 2.75) is 26.7 Å². The number of carbonyl (C=O) groups excluding carboxylic acids is 1. The van der Waals surface area contributed by atoms with Gasteiger partial charge in [0.05, 0.1) is 12.8 Å². The topological polar surface area (TPSA) is 63.2 Å². The number of amides is 1. The molecule has 0 saturated heterocycles. The van der Waals surface area contributed by atoms with Crippen LogP contribution in [0.1, 0.15) is 35.8 Å². The van der Waals surface area contributed by atoms with Gasteiger partial charge in [0.15, 0.2) is 0 Å². The molecule has 1 aromatic carbocycles. The van der Waals surface area contributed by atoms with E-state index in [4.69, 9.17) is 16.3 Å². The van der Waals surface area contributed by atoms with E-state index in [1.54, 1.807) is 24.4 Å². The van der Waals surface area contributed by atoms with Crippen molar-refractivity contribution in [2.24, 2.45) is 0 Å². The number of aryl methyl sites for hydroxylation is 1. The van der Waals surface area contributed by atoms with Crippen molar-refractivity contribution >= 4 is 28.9 Å². The summed E-state index contributed by atoms with van der Waals surface area (Å²) in [4.78, 5) is 16.6. The van der Waals surface area contributed by atoms with Crippen LogP contribution < -0.4 is 15.4 Å². The van der Waals surface area contributed by atoms with Crippen LogP contribution in [0.25, 0.3) is 0 Å². The van der Waals surface area contributed by atoms with Crippen LogP contribution in [0, 0.1) is 6.92 Å². The second-order valence-corrected chi connectivity index (χ2v) is 5.87. The van der Waals surface area contributed by atoms with Gasteiger partial charge in [0.1, 0.15) is 11.4 Å². The van der Waals surface area contributed by atoms with Crippen molar-refractivity contribution in [3.05, 3.63) is 46.7 Å². The normalized spacial score (nSPS) is 10.3. The van der Waals surface area contributed by atoms with Gasteiger partial charge in [-0.25, -0.2) is 0 Å². The van der Waals surface area contributed by atoms with Crippen molar-refractivity contribution in [1.82, 2.24) is 4.98 Å². The maximum Gasteiger partial charge on any atom is 0.274 e. The molecule has 0 bridgehead atoms. The number of methoxy groups -OCH3 is 1. The zero-order valence-electron chi connectivity index (χ0n) is 14.1. The highest BCUT2D eigenvalue weighted by Gasteiger charge is 2.13. The van der Waals surface area contributed by atoms with Crippen LogP contribution in [-0.2, 0) is 0 Å². The summed E-state index contributed by atoms with van der Waals surface area (Å²) < 4.78 is 5.28. The van der Waals surface area contributed by atoms with E-state index in [1.807, 2.05) is 13.0 Å².